The second-order valence-electron chi connectivity index (χ2n) is 4.39. The quantitative estimate of drug-likeness (QED) is 0.892. The van der Waals surface area contributed by atoms with Gasteiger partial charge in [0.05, 0.1) is 11.8 Å². The number of anilines is 1. The predicted molar refractivity (Wildman–Crippen MR) is 73.2 cm³/mol. The minimum absolute atomic E-state index is 0.0466. The van der Waals surface area contributed by atoms with Crippen molar-refractivity contribution >= 4 is 11.7 Å². The number of carbonyl (C=O) groups excluding carboxylic acids is 1. The first kappa shape index (κ1) is 13.1. The third-order valence-corrected chi connectivity index (χ3v) is 2.67. The van der Waals surface area contributed by atoms with E-state index < -0.39 is 0 Å². The molecule has 0 aliphatic carbocycles. The minimum Gasteiger partial charge on any atom is -0.469 e. The van der Waals surface area contributed by atoms with Gasteiger partial charge in [-0.05, 0) is 24.3 Å². The molecule has 1 amide bonds. The lowest BCUT2D eigenvalue weighted by molar-refractivity contribution is 0.0827. The van der Waals surface area contributed by atoms with Crippen molar-refractivity contribution in [2.75, 3.05) is 26.0 Å². The van der Waals surface area contributed by atoms with E-state index in [-0.39, 0.29) is 5.91 Å². The summed E-state index contributed by atoms with van der Waals surface area (Å²) in [5.41, 5.74) is 0.585. The number of carbonyl (C=O) groups is 1. The Kier molecular flexibility index (Phi) is 4.18. The Labute approximate surface area is 112 Å². The Balaban J connectivity index is 1.86. The summed E-state index contributed by atoms with van der Waals surface area (Å²) >= 11 is 0. The van der Waals surface area contributed by atoms with Gasteiger partial charge in [0.25, 0.3) is 5.91 Å². The smallest absolute Gasteiger partial charge is 0.254 e. The molecule has 19 heavy (non-hydrogen) atoms. The van der Waals surface area contributed by atoms with Gasteiger partial charge in [-0.15, -0.1) is 0 Å². The lowest BCUT2D eigenvalue weighted by Gasteiger charge is -2.10. The predicted octanol–water partition coefficient (Wildman–Crippen LogP) is 2.03. The fourth-order valence-electron chi connectivity index (χ4n) is 1.65. The molecule has 5 heteroatoms. The van der Waals surface area contributed by atoms with Crippen molar-refractivity contribution in [2.24, 2.45) is 0 Å². The molecular formula is C14H17N3O2. The van der Waals surface area contributed by atoms with Crippen LogP contribution in [0.5, 0.6) is 0 Å². The molecule has 1 N–H and O–H groups in total. The summed E-state index contributed by atoms with van der Waals surface area (Å²) in [5, 5.41) is 3.18. The molecule has 0 aliphatic heterocycles. The summed E-state index contributed by atoms with van der Waals surface area (Å²) in [4.78, 5) is 17.4. The van der Waals surface area contributed by atoms with Crippen molar-refractivity contribution in [3.05, 3.63) is 48.0 Å². The number of rotatable bonds is 5. The topological polar surface area (TPSA) is 58.4 Å². The van der Waals surface area contributed by atoms with Crippen LogP contribution < -0.4 is 5.32 Å². The summed E-state index contributed by atoms with van der Waals surface area (Å²) < 4.78 is 5.24. The first-order valence-electron chi connectivity index (χ1n) is 6.11. The molecule has 2 aromatic heterocycles. The van der Waals surface area contributed by atoms with Gasteiger partial charge in [0.1, 0.15) is 11.6 Å². The van der Waals surface area contributed by atoms with E-state index in [9.17, 15) is 4.79 Å². The number of hydrogen-bond acceptors (Lipinski definition) is 4. The van der Waals surface area contributed by atoms with Crippen LogP contribution in [-0.2, 0) is 6.42 Å². The molecule has 0 fully saturated rings. The van der Waals surface area contributed by atoms with Crippen molar-refractivity contribution in [1.29, 1.82) is 0 Å². The van der Waals surface area contributed by atoms with Crippen molar-refractivity contribution < 1.29 is 9.21 Å². The van der Waals surface area contributed by atoms with E-state index >= 15 is 0 Å². The number of nitrogens with one attached hydrogen (secondary N) is 1. The monoisotopic (exact) mass is 259 g/mol. The van der Waals surface area contributed by atoms with Gasteiger partial charge in [-0.1, -0.05) is 0 Å². The molecule has 0 atom stereocenters. The maximum absolute atomic E-state index is 11.7. The first-order valence-corrected chi connectivity index (χ1v) is 6.11. The maximum atomic E-state index is 11.7. The highest BCUT2D eigenvalue weighted by molar-refractivity contribution is 5.93. The highest BCUT2D eigenvalue weighted by Gasteiger charge is 2.07. The third-order valence-electron chi connectivity index (χ3n) is 2.67. The van der Waals surface area contributed by atoms with E-state index in [1.807, 2.05) is 12.1 Å². The van der Waals surface area contributed by atoms with Gasteiger partial charge in [-0.3, -0.25) is 4.79 Å². The van der Waals surface area contributed by atoms with Gasteiger partial charge >= 0.3 is 0 Å². The zero-order valence-electron chi connectivity index (χ0n) is 11.1. The zero-order chi connectivity index (χ0) is 13.7. The molecule has 0 aliphatic rings. The van der Waals surface area contributed by atoms with Crippen LogP contribution in [0, 0.1) is 0 Å². The van der Waals surface area contributed by atoms with Crippen LogP contribution >= 0.6 is 0 Å². The Bertz CT molecular complexity index is 518. The van der Waals surface area contributed by atoms with Crippen molar-refractivity contribution in [2.45, 2.75) is 6.42 Å². The fraction of sp³-hybridized carbons (Fsp3) is 0.286. The second-order valence-corrected chi connectivity index (χ2v) is 4.39. The molecule has 5 nitrogen and oxygen atoms in total. The van der Waals surface area contributed by atoms with Crippen molar-refractivity contribution in [3.63, 3.8) is 0 Å². The van der Waals surface area contributed by atoms with E-state index in [1.54, 1.807) is 38.7 Å². The van der Waals surface area contributed by atoms with Gasteiger partial charge in [0, 0.05) is 33.3 Å². The lowest BCUT2D eigenvalue weighted by Crippen LogP contribution is -2.21. The van der Waals surface area contributed by atoms with Crippen molar-refractivity contribution in [1.82, 2.24) is 9.88 Å². The Hall–Kier alpha value is -2.30. The van der Waals surface area contributed by atoms with Gasteiger partial charge in [0.15, 0.2) is 0 Å². The fourth-order valence-corrected chi connectivity index (χ4v) is 1.65. The molecular weight excluding hydrogens is 242 g/mol. The average Bonchev–Trinajstić information content (AvgIpc) is 2.92. The van der Waals surface area contributed by atoms with E-state index in [0.29, 0.717) is 5.56 Å². The third kappa shape index (κ3) is 3.58. The molecule has 2 aromatic rings. The number of aromatic nitrogens is 1. The summed E-state index contributed by atoms with van der Waals surface area (Å²) in [7, 11) is 3.44. The number of pyridine rings is 1. The van der Waals surface area contributed by atoms with E-state index in [4.69, 9.17) is 4.42 Å². The average molecular weight is 259 g/mol. The SMILES string of the molecule is CN(C)C(=O)c1ccc(NCCc2ccco2)nc1. The molecule has 0 spiro atoms. The normalized spacial score (nSPS) is 10.2. The maximum Gasteiger partial charge on any atom is 0.254 e. The largest absolute Gasteiger partial charge is 0.469 e. The molecule has 0 saturated heterocycles. The van der Waals surface area contributed by atoms with Gasteiger partial charge < -0.3 is 14.6 Å². The number of hydrogen-bond donors (Lipinski definition) is 1. The van der Waals surface area contributed by atoms with E-state index in [0.717, 1.165) is 24.5 Å². The summed E-state index contributed by atoms with van der Waals surface area (Å²) in [6, 6.07) is 7.38. The summed E-state index contributed by atoms with van der Waals surface area (Å²) in [6.07, 6.45) is 4.04. The molecule has 2 rings (SSSR count). The zero-order valence-corrected chi connectivity index (χ0v) is 11.1. The van der Waals surface area contributed by atoms with Crippen LogP contribution in [0.3, 0.4) is 0 Å². The van der Waals surface area contributed by atoms with Gasteiger partial charge in [-0.2, -0.15) is 0 Å². The first-order chi connectivity index (χ1) is 9.16. The molecule has 0 aromatic carbocycles. The highest BCUT2D eigenvalue weighted by Crippen LogP contribution is 2.07. The minimum atomic E-state index is -0.0466. The number of furan rings is 1. The molecule has 100 valence electrons. The van der Waals surface area contributed by atoms with Crippen molar-refractivity contribution in [3.8, 4) is 0 Å². The van der Waals surface area contributed by atoms with Crippen LogP contribution in [0.2, 0.25) is 0 Å². The summed E-state index contributed by atoms with van der Waals surface area (Å²) in [6.45, 7) is 0.738. The molecule has 2 heterocycles. The molecule has 0 bridgehead atoms. The van der Waals surface area contributed by atoms with Crippen LogP contribution in [0.25, 0.3) is 0 Å². The van der Waals surface area contributed by atoms with Gasteiger partial charge in [0.2, 0.25) is 0 Å². The van der Waals surface area contributed by atoms with E-state index in [1.165, 1.54) is 4.90 Å². The van der Waals surface area contributed by atoms with Crippen LogP contribution in [0.1, 0.15) is 16.1 Å². The Morgan fingerprint density at radius 3 is 2.79 bits per heavy atom. The molecule has 0 unspecified atom stereocenters. The van der Waals surface area contributed by atoms with Gasteiger partial charge in [-0.25, -0.2) is 4.98 Å². The van der Waals surface area contributed by atoms with Crippen LogP contribution in [0.4, 0.5) is 5.82 Å². The highest BCUT2D eigenvalue weighted by atomic mass is 16.3. The lowest BCUT2D eigenvalue weighted by atomic mass is 10.2. The second kappa shape index (κ2) is 6.04. The molecule has 0 saturated carbocycles. The van der Waals surface area contributed by atoms with Crippen LogP contribution in [-0.4, -0.2) is 36.4 Å². The Morgan fingerprint density at radius 2 is 2.21 bits per heavy atom. The summed E-state index contributed by atoms with van der Waals surface area (Å²) in [5.74, 6) is 1.64. The Morgan fingerprint density at radius 1 is 1.37 bits per heavy atom. The van der Waals surface area contributed by atoms with E-state index in [2.05, 4.69) is 10.3 Å². The van der Waals surface area contributed by atoms with Crippen LogP contribution in [0.15, 0.2) is 41.1 Å². The number of amides is 1. The number of nitrogens with zero attached hydrogens (tertiary/aromatic N) is 2. The molecule has 0 radical (unpaired) electrons. The standard InChI is InChI=1S/C14H17N3O2/c1-17(2)14(18)11-5-6-13(16-10-11)15-8-7-12-4-3-9-19-12/h3-6,9-10H,7-8H2,1-2H3,(H,15,16).